The fourth-order valence-corrected chi connectivity index (χ4v) is 6.89. The molecule has 0 aromatic heterocycles. The van der Waals surface area contributed by atoms with Crippen molar-refractivity contribution in [1.82, 2.24) is 9.62 Å². The second-order valence-electron chi connectivity index (χ2n) is 7.18. The Bertz CT molecular complexity index is 433. The summed E-state index contributed by atoms with van der Waals surface area (Å²) in [6.45, 7) is 2.81. The van der Waals surface area contributed by atoms with Crippen LogP contribution in [-0.2, 0) is 10.0 Å². The highest BCUT2D eigenvalue weighted by molar-refractivity contribution is 7.89. The van der Waals surface area contributed by atoms with Gasteiger partial charge in [-0.05, 0) is 44.9 Å². The number of fused-ring (bicyclic) bond motifs is 2. The summed E-state index contributed by atoms with van der Waals surface area (Å²) in [5, 5.41) is 3.52. The van der Waals surface area contributed by atoms with Gasteiger partial charge in [-0.2, -0.15) is 4.31 Å². The SMILES string of the molecule is CCCN(C1CC2CCC(C1)N2)S(=O)(=O)C1CCCCC1. The van der Waals surface area contributed by atoms with Crippen LogP contribution < -0.4 is 5.32 Å². The van der Waals surface area contributed by atoms with Gasteiger partial charge < -0.3 is 5.32 Å². The van der Waals surface area contributed by atoms with E-state index in [0.717, 1.165) is 44.9 Å². The molecule has 0 amide bonds. The molecule has 0 aromatic carbocycles. The predicted molar refractivity (Wildman–Crippen MR) is 85.8 cm³/mol. The minimum absolute atomic E-state index is 0.106. The molecule has 3 rings (SSSR count). The van der Waals surface area contributed by atoms with Gasteiger partial charge in [0.1, 0.15) is 0 Å². The molecule has 2 saturated heterocycles. The first-order valence-corrected chi connectivity index (χ1v) is 10.4. The highest BCUT2D eigenvalue weighted by Gasteiger charge is 2.42. The van der Waals surface area contributed by atoms with Gasteiger partial charge in [-0.1, -0.05) is 26.2 Å². The molecule has 0 aromatic rings. The maximum atomic E-state index is 13.1. The quantitative estimate of drug-likeness (QED) is 0.849. The van der Waals surface area contributed by atoms with Crippen LogP contribution in [0, 0.1) is 0 Å². The normalized spacial score (nSPS) is 34.5. The highest BCUT2D eigenvalue weighted by atomic mass is 32.2. The van der Waals surface area contributed by atoms with Crippen LogP contribution in [0.15, 0.2) is 0 Å². The van der Waals surface area contributed by atoms with Gasteiger partial charge in [-0.25, -0.2) is 8.42 Å². The van der Waals surface area contributed by atoms with Crippen molar-refractivity contribution in [3.63, 3.8) is 0 Å². The number of sulfonamides is 1. The summed E-state index contributed by atoms with van der Waals surface area (Å²) in [4.78, 5) is 0. The molecule has 3 aliphatic rings. The predicted octanol–water partition coefficient (Wildman–Crippen LogP) is 2.64. The fourth-order valence-electron chi connectivity index (χ4n) is 4.55. The van der Waals surface area contributed by atoms with Gasteiger partial charge in [0.05, 0.1) is 5.25 Å². The van der Waals surface area contributed by atoms with Crippen molar-refractivity contribution in [3.05, 3.63) is 0 Å². The van der Waals surface area contributed by atoms with E-state index in [-0.39, 0.29) is 11.3 Å². The Balaban J connectivity index is 1.76. The number of piperidine rings is 1. The van der Waals surface area contributed by atoms with Crippen molar-refractivity contribution in [2.75, 3.05) is 6.54 Å². The monoisotopic (exact) mass is 314 g/mol. The van der Waals surface area contributed by atoms with E-state index in [1.807, 2.05) is 4.31 Å². The minimum Gasteiger partial charge on any atom is -0.311 e. The Morgan fingerprint density at radius 2 is 1.62 bits per heavy atom. The molecule has 3 fully saturated rings. The van der Waals surface area contributed by atoms with E-state index >= 15 is 0 Å². The van der Waals surface area contributed by atoms with Gasteiger partial charge in [0.15, 0.2) is 0 Å². The molecule has 0 spiro atoms. The molecule has 2 unspecified atom stereocenters. The van der Waals surface area contributed by atoms with Crippen LogP contribution >= 0.6 is 0 Å². The molecule has 1 N–H and O–H groups in total. The Labute approximate surface area is 129 Å². The summed E-state index contributed by atoms with van der Waals surface area (Å²) in [5.41, 5.74) is 0. The number of nitrogens with zero attached hydrogens (tertiary/aromatic N) is 1. The largest absolute Gasteiger partial charge is 0.311 e. The van der Waals surface area contributed by atoms with Crippen LogP contribution in [0.5, 0.6) is 0 Å². The zero-order valence-corrected chi connectivity index (χ0v) is 14.1. The average Bonchev–Trinajstić information content (AvgIpc) is 2.84. The number of nitrogens with one attached hydrogen (secondary N) is 1. The van der Waals surface area contributed by atoms with Crippen LogP contribution in [0.3, 0.4) is 0 Å². The van der Waals surface area contributed by atoms with Gasteiger partial charge in [-0.15, -0.1) is 0 Å². The zero-order chi connectivity index (χ0) is 14.9. The highest BCUT2D eigenvalue weighted by Crippen LogP contribution is 2.34. The first kappa shape index (κ1) is 15.8. The summed E-state index contributed by atoms with van der Waals surface area (Å²) in [6, 6.07) is 1.35. The Morgan fingerprint density at radius 1 is 1.00 bits per heavy atom. The van der Waals surface area contributed by atoms with E-state index < -0.39 is 10.0 Å². The van der Waals surface area contributed by atoms with Gasteiger partial charge >= 0.3 is 0 Å². The lowest BCUT2D eigenvalue weighted by Gasteiger charge is -2.39. The van der Waals surface area contributed by atoms with E-state index in [2.05, 4.69) is 12.2 Å². The van der Waals surface area contributed by atoms with Crippen molar-refractivity contribution in [2.24, 2.45) is 0 Å². The summed E-state index contributed by atoms with van der Waals surface area (Å²) in [6.07, 6.45) is 10.5. The first-order valence-electron chi connectivity index (χ1n) is 8.88. The molecule has 4 nitrogen and oxygen atoms in total. The molecular weight excluding hydrogens is 284 g/mol. The molecule has 5 heteroatoms. The molecule has 2 atom stereocenters. The van der Waals surface area contributed by atoms with Crippen LogP contribution in [-0.4, -0.2) is 42.6 Å². The smallest absolute Gasteiger partial charge is 0.217 e. The Kier molecular flexibility index (Phi) is 4.91. The zero-order valence-electron chi connectivity index (χ0n) is 13.3. The van der Waals surface area contributed by atoms with Crippen molar-refractivity contribution in [1.29, 1.82) is 0 Å². The van der Waals surface area contributed by atoms with E-state index in [9.17, 15) is 8.42 Å². The molecule has 2 aliphatic heterocycles. The third-order valence-corrected chi connectivity index (χ3v) is 8.05. The Morgan fingerprint density at radius 3 is 2.19 bits per heavy atom. The second kappa shape index (κ2) is 6.55. The lowest BCUT2D eigenvalue weighted by molar-refractivity contribution is 0.222. The van der Waals surface area contributed by atoms with Gasteiger partial charge in [0, 0.05) is 24.7 Å². The van der Waals surface area contributed by atoms with Crippen molar-refractivity contribution in [2.45, 2.75) is 94.5 Å². The van der Waals surface area contributed by atoms with Crippen LogP contribution in [0.4, 0.5) is 0 Å². The molecule has 122 valence electrons. The van der Waals surface area contributed by atoms with E-state index in [1.54, 1.807) is 0 Å². The van der Waals surface area contributed by atoms with Gasteiger partial charge in [-0.3, -0.25) is 0 Å². The molecule has 2 bridgehead atoms. The number of rotatable bonds is 5. The average molecular weight is 314 g/mol. The molecule has 2 heterocycles. The van der Waals surface area contributed by atoms with Crippen molar-refractivity contribution >= 4 is 10.0 Å². The maximum absolute atomic E-state index is 13.1. The van der Waals surface area contributed by atoms with Crippen LogP contribution in [0.25, 0.3) is 0 Å². The summed E-state index contributed by atoms with van der Waals surface area (Å²) in [7, 11) is -3.10. The van der Waals surface area contributed by atoms with Gasteiger partial charge in [0.25, 0.3) is 0 Å². The molecule has 1 saturated carbocycles. The number of hydrogen-bond donors (Lipinski definition) is 1. The molecule has 21 heavy (non-hydrogen) atoms. The van der Waals surface area contributed by atoms with E-state index in [0.29, 0.717) is 18.6 Å². The Hall–Kier alpha value is -0.130. The molecular formula is C16H30N2O2S. The van der Waals surface area contributed by atoms with E-state index in [4.69, 9.17) is 0 Å². The third kappa shape index (κ3) is 3.30. The first-order chi connectivity index (χ1) is 10.1. The molecule has 0 radical (unpaired) electrons. The summed E-state index contributed by atoms with van der Waals surface area (Å²) in [5.74, 6) is 0. The van der Waals surface area contributed by atoms with Gasteiger partial charge in [0.2, 0.25) is 10.0 Å². The van der Waals surface area contributed by atoms with Crippen LogP contribution in [0.2, 0.25) is 0 Å². The van der Waals surface area contributed by atoms with Crippen molar-refractivity contribution in [3.8, 4) is 0 Å². The standard InChI is InChI=1S/C16H30N2O2S/c1-2-10-18(15-11-13-8-9-14(12-15)17-13)21(19,20)16-6-4-3-5-7-16/h13-17H,2-12H2,1H3. The second-order valence-corrected chi connectivity index (χ2v) is 9.34. The third-order valence-electron chi connectivity index (χ3n) is 5.60. The summed E-state index contributed by atoms with van der Waals surface area (Å²) < 4.78 is 28.1. The van der Waals surface area contributed by atoms with Crippen LogP contribution in [0.1, 0.15) is 71.1 Å². The minimum atomic E-state index is -3.10. The van der Waals surface area contributed by atoms with E-state index in [1.165, 1.54) is 19.3 Å². The number of hydrogen-bond acceptors (Lipinski definition) is 3. The molecule has 1 aliphatic carbocycles. The lowest BCUT2D eigenvalue weighted by atomic mass is 10.00. The topological polar surface area (TPSA) is 49.4 Å². The summed E-state index contributed by atoms with van der Waals surface area (Å²) >= 11 is 0. The fraction of sp³-hybridized carbons (Fsp3) is 1.00. The van der Waals surface area contributed by atoms with Crippen molar-refractivity contribution < 1.29 is 8.42 Å². The lowest BCUT2D eigenvalue weighted by Crippen LogP contribution is -2.52. The maximum Gasteiger partial charge on any atom is 0.217 e.